The number of alkyl carbamates (subject to hydrolysis) is 1. The molecule has 0 radical (unpaired) electrons. The maximum Gasteiger partial charge on any atom is 0.408 e. The number of nitrogens with one attached hydrogen (secondary N) is 1. The first-order chi connectivity index (χ1) is 15.1. The second-order valence-corrected chi connectivity index (χ2v) is 16.7. The van der Waals surface area contributed by atoms with E-state index in [-0.39, 0.29) is 10.9 Å². The predicted molar refractivity (Wildman–Crippen MR) is 140 cm³/mol. The summed E-state index contributed by atoms with van der Waals surface area (Å²) >= 11 is 3.65. The Kier molecular flexibility index (Phi) is 6.93. The molecular formula is C25H35BrN2O4Si. The lowest BCUT2D eigenvalue weighted by molar-refractivity contribution is -0.118. The van der Waals surface area contributed by atoms with Gasteiger partial charge in [0.2, 0.25) is 14.2 Å². The van der Waals surface area contributed by atoms with Crippen LogP contribution >= 0.6 is 15.9 Å². The normalized spacial score (nSPS) is 17.4. The first kappa shape index (κ1) is 25.6. The van der Waals surface area contributed by atoms with Crippen LogP contribution in [-0.4, -0.2) is 38.5 Å². The van der Waals surface area contributed by atoms with E-state index in [0.717, 1.165) is 26.7 Å². The van der Waals surface area contributed by atoms with Crippen molar-refractivity contribution in [1.29, 1.82) is 0 Å². The molecule has 1 aliphatic rings. The van der Waals surface area contributed by atoms with Gasteiger partial charge in [0.25, 0.3) is 0 Å². The highest BCUT2D eigenvalue weighted by Gasteiger charge is 2.39. The lowest BCUT2D eigenvalue weighted by Gasteiger charge is -2.36. The number of rotatable bonds is 4. The number of halogens is 1. The lowest BCUT2D eigenvalue weighted by Crippen LogP contribution is -2.44. The molecule has 33 heavy (non-hydrogen) atoms. The number of benzene rings is 2. The van der Waals surface area contributed by atoms with Crippen molar-refractivity contribution in [3.8, 4) is 5.75 Å². The van der Waals surface area contributed by atoms with Crippen LogP contribution in [0.25, 0.3) is 10.8 Å². The molecule has 0 spiro atoms. The largest absolute Gasteiger partial charge is 0.543 e. The second-order valence-electron chi connectivity index (χ2n) is 11.1. The Balaban J connectivity index is 1.92. The predicted octanol–water partition coefficient (Wildman–Crippen LogP) is 6.62. The molecule has 1 heterocycles. The first-order valence-electron chi connectivity index (χ1n) is 11.3. The van der Waals surface area contributed by atoms with Gasteiger partial charge in [0.05, 0.1) is 5.69 Å². The van der Waals surface area contributed by atoms with Crippen molar-refractivity contribution in [3.05, 3.63) is 34.8 Å². The van der Waals surface area contributed by atoms with E-state index in [0.29, 0.717) is 13.0 Å². The third-order valence-electron chi connectivity index (χ3n) is 6.26. The third-order valence-corrected chi connectivity index (χ3v) is 11.3. The molecule has 0 aromatic heterocycles. The van der Waals surface area contributed by atoms with Gasteiger partial charge in [0, 0.05) is 16.4 Å². The van der Waals surface area contributed by atoms with Crippen molar-refractivity contribution in [1.82, 2.24) is 5.32 Å². The molecule has 2 amide bonds. The molecule has 3 rings (SSSR count). The summed E-state index contributed by atoms with van der Waals surface area (Å²) in [6.45, 7) is 17.0. The second kappa shape index (κ2) is 8.95. The van der Waals surface area contributed by atoms with E-state index < -0.39 is 26.1 Å². The van der Waals surface area contributed by atoms with E-state index >= 15 is 0 Å². The lowest BCUT2D eigenvalue weighted by atomic mass is 10.1. The van der Waals surface area contributed by atoms with Gasteiger partial charge in [0.1, 0.15) is 17.4 Å². The zero-order valence-corrected chi connectivity index (χ0v) is 23.4. The average Bonchev–Trinajstić information content (AvgIpc) is 2.99. The van der Waals surface area contributed by atoms with Crippen molar-refractivity contribution >= 4 is 52.7 Å². The summed E-state index contributed by atoms with van der Waals surface area (Å²) in [5.41, 5.74) is 0.177. The summed E-state index contributed by atoms with van der Waals surface area (Å²) < 4.78 is 12.7. The molecule has 0 bridgehead atoms. The van der Waals surface area contributed by atoms with Crippen molar-refractivity contribution in [2.45, 2.75) is 77.7 Å². The number of carbonyl (C=O) groups is 2. The van der Waals surface area contributed by atoms with Gasteiger partial charge in [-0.3, -0.25) is 4.79 Å². The Morgan fingerprint density at radius 3 is 2.36 bits per heavy atom. The minimum Gasteiger partial charge on any atom is -0.543 e. The van der Waals surface area contributed by atoms with Gasteiger partial charge in [0.15, 0.2) is 0 Å². The maximum absolute atomic E-state index is 13.3. The van der Waals surface area contributed by atoms with E-state index in [1.165, 1.54) is 0 Å². The molecule has 1 aliphatic heterocycles. The number of ether oxygens (including phenoxy) is 1. The summed E-state index contributed by atoms with van der Waals surface area (Å²) in [5, 5.41) is 4.76. The molecule has 6 nitrogen and oxygen atoms in total. The Bertz CT molecular complexity index is 1070. The Hall–Kier alpha value is -2.06. The van der Waals surface area contributed by atoms with Crippen LogP contribution in [0.4, 0.5) is 10.5 Å². The first-order valence-corrected chi connectivity index (χ1v) is 15.0. The number of anilines is 1. The molecule has 180 valence electrons. The van der Waals surface area contributed by atoms with Gasteiger partial charge in [-0.25, -0.2) is 4.79 Å². The number of fused-ring (bicyclic) bond motifs is 1. The highest BCUT2D eigenvalue weighted by atomic mass is 79.9. The molecule has 2 aromatic carbocycles. The molecule has 2 aromatic rings. The molecule has 1 atom stereocenters. The highest BCUT2D eigenvalue weighted by molar-refractivity contribution is 9.10. The maximum atomic E-state index is 13.3. The molecule has 0 aliphatic carbocycles. The quantitative estimate of drug-likeness (QED) is 0.447. The van der Waals surface area contributed by atoms with Crippen molar-refractivity contribution in [2.75, 3.05) is 11.4 Å². The fraction of sp³-hybridized carbons (Fsp3) is 0.520. The highest BCUT2D eigenvalue weighted by Crippen LogP contribution is 2.41. The van der Waals surface area contributed by atoms with Gasteiger partial charge in [-0.1, -0.05) is 32.9 Å². The van der Waals surface area contributed by atoms with E-state index in [2.05, 4.69) is 55.1 Å². The van der Waals surface area contributed by atoms with Crippen LogP contribution in [0.5, 0.6) is 5.75 Å². The van der Waals surface area contributed by atoms with Gasteiger partial charge >= 0.3 is 6.09 Å². The molecule has 0 saturated carbocycles. The summed E-state index contributed by atoms with van der Waals surface area (Å²) in [5.74, 6) is 0.660. The zero-order chi connectivity index (χ0) is 24.8. The van der Waals surface area contributed by atoms with Crippen LogP contribution in [0.2, 0.25) is 18.1 Å². The van der Waals surface area contributed by atoms with Crippen molar-refractivity contribution < 1.29 is 18.8 Å². The van der Waals surface area contributed by atoms with Crippen LogP contribution in [-0.2, 0) is 9.53 Å². The molecule has 1 fully saturated rings. The van der Waals surface area contributed by atoms with Gasteiger partial charge in [-0.05, 0) is 84.8 Å². The van der Waals surface area contributed by atoms with Gasteiger partial charge in [-0.15, -0.1) is 0 Å². The monoisotopic (exact) mass is 534 g/mol. The SMILES string of the molecule is CC(C)(C)OC(=O)N[C@H]1CCN(c2c(Br)ccc3ccc(O[Si](C)(C)C(C)(C)C)cc23)C1=O. The molecule has 8 heteroatoms. The van der Waals surface area contributed by atoms with Gasteiger partial charge < -0.3 is 19.4 Å². The number of carbonyl (C=O) groups excluding carboxylic acids is 2. The molecule has 1 N–H and O–H groups in total. The molecule has 0 unspecified atom stereocenters. The van der Waals surface area contributed by atoms with Crippen LogP contribution in [0.3, 0.4) is 0 Å². The smallest absolute Gasteiger partial charge is 0.408 e. The van der Waals surface area contributed by atoms with E-state index in [9.17, 15) is 9.59 Å². The number of hydrogen-bond donors (Lipinski definition) is 1. The fourth-order valence-electron chi connectivity index (χ4n) is 3.53. The van der Waals surface area contributed by atoms with Crippen LogP contribution < -0.4 is 14.6 Å². The Labute approximate surface area is 206 Å². The van der Waals surface area contributed by atoms with Crippen molar-refractivity contribution in [3.63, 3.8) is 0 Å². The van der Waals surface area contributed by atoms with E-state index in [4.69, 9.17) is 9.16 Å². The van der Waals surface area contributed by atoms with Crippen LogP contribution in [0, 0.1) is 0 Å². The minimum atomic E-state index is -2.01. The topological polar surface area (TPSA) is 67.9 Å². The van der Waals surface area contributed by atoms with Crippen molar-refractivity contribution in [2.24, 2.45) is 0 Å². The van der Waals surface area contributed by atoms with E-state index in [1.54, 1.807) is 25.7 Å². The minimum absolute atomic E-state index is 0.0769. The summed E-state index contributed by atoms with van der Waals surface area (Å²) in [7, 11) is -2.01. The number of amides is 2. The van der Waals surface area contributed by atoms with Gasteiger partial charge in [-0.2, -0.15) is 0 Å². The standard InChI is InChI=1S/C25H35BrN2O4Si/c1-24(2,3)31-23(30)27-20-13-14-28(22(20)29)21-18-15-17(32-33(7,8)25(4,5)6)11-9-16(18)10-12-19(21)26/h9-12,15,20H,13-14H2,1-8H3,(H,27,30)/t20-/m0/s1. The third kappa shape index (κ3) is 5.72. The molecular weight excluding hydrogens is 500 g/mol. The zero-order valence-electron chi connectivity index (χ0n) is 20.8. The van der Waals surface area contributed by atoms with Crippen LogP contribution in [0.1, 0.15) is 48.0 Å². The number of nitrogens with zero attached hydrogens (tertiary/aromatic N) is 1. The molecule has 1 saturated heterocycles. The fourth-order valence-corrected chi connectivity index (χ4v) is 5.11. The number of hydrogen-bond acceptors (Lipinski definition) is 4. The summed E-state index contributed by atoms with van der Waals surface area (Å²) in [6, 6.07) is 9.42. The Morgan fingerprint density at radius 2 is 1.76 bits per heavy atom. The van der Waals surface area contributed by atoms with Crippen LogP contribution in [0.15, 0.2) is 34.8 Å². The average molecular weight is 536 g/mol. The Morgan fingerprint density at radius 1 is 1.12 bits per heavy atom. The summed E-state index contributed by atoms with van der Waals surface area (Å²) in [6.07, 6.45) is -0.0640. The summed E-state index contributed by atoms with van der Waals surface area (Å²) in [4.78, 5) is 27.2. The van der Waals surface area contributed by atoms with E-state index in [1.807, 2.05) is 30.3 Å².